The van der Waals surface area contributed by atoms with Crippen molar-refractivity contribution in [1.82, 2.24) is 28.5 Å². The number of nitrogens with zero attached hydrogens (tertiary/aromatic N) is 7. The molecule has 0 atom stereocenters. The molecule has 164 valence electrons. The molecule has 0 spiro atoms. The van der Waals surface area contributed by atoms with E-state index in [-0.39, 0.29) is 36.1 Å². The molecular formula is C18H31Cl2N7O2. The topological polar surface area (TPSA) is 71.5 Å². The Labute approximate surface area is 182 Å². The molecule has 0 N–H and O–H groups in total. The lowest BCUT2D eigenvalue weighted by Gasteiger charge is -2.33. The fraction of sp³-hybridized carbons (Fsp3) is 0.722. The van der Waals surface area contributed by atoms with Crippen molar-refractivity contribution < 1.29 is 0 Å². The minimum absolute atomic E-state index is 0. The normalized spacial score (nSPS) is 17.7. The standard InChI is InChI=1S/C18H29N7O2.2ClH/c1-20-10-12-23(13-11-20)6-4-7-24-8-5-9-25-14-15(19-17(24)25)21(2)18(27)22(3)16(14)26;;/h4-13H2,1-3H3;2*1H. The molecule has 1 fully saturated rings. The highest BCUT2D eigenvalue weighted by Crippen LogP contribution is 2.24. The van der Waals surface area contributed by atoms with Gasteiger partial charge in [-0.15, -0.1) is 24.8 Å². The van der Waals surface area contributed by atoms with Crippen molar-refractivity contribution in [3.8, 4) is 0 Å². The van der Waals surface area contributed by atoms with Gasteiger partial charge in [0.05, 0.1) is 0 Å². The van der Waals surface area contributed by atoms with E-state index < -0.39 is 0 Å². The molecular weight excluding hydrogens is 417 g/mol. The Balaban J connectivity index is 0.00000150. The lowest BCUT2D eigenvalue weighted by atomic mass is 10.2. The van der Waals surface area contributed by atoms with Crippen molar-refractivity contribution in [2.24, 2.45) is 14.1 Å². The summed E-state index contributed by atoms with van der Waals surface area (Å²) in [5.41, 5.74) is 0.443. The fourth-order valence-corrected chi connectivity index (χ4v) is 4.18. The summed E-state index contributed by atoms with van der Waals surface area (Å²) < 4.78 is 4.64. The first-order chi connectivity index (χ1) is 13.0. The van der Waals surface area contributed by atoms with E-state index in [1.807, 2.05) is 4.57 Å². The molecule has 2 aromatic rings. The zero-order valence-corrected chi connectivity index (χ0v) is 19.0. The first kappa shape index (κ1) is 23.7. The van der Waals surface area contributed by atoms with Gasteiger partial charge in [0.1, 0.15) is 0 Å². The second-order valence-electron chi connectivity index (χ2n) is 7.78. The Bertz CT molecular complexity index is 960. The molecule has 11 heteroatoms. The van der Waals surface area contributed by atoms with Gasteiger partial charge in [-0.2, -0.15) is 4.98 Å². The molecule has 0 aromatic carbocycles. The summed E-state index contributed by atoms with van der Waals surface area (Å²) in [6.07, 6.45) is 2.06. The summed E-state index contributed by atoms with van der Waals surface area (Å²) >= 11 is 0. The molecule has 2 aromatic heterocycles. The third-order valence-electron chi connectivity index (χ3n) is 5.92. The summed E-state index contributed by atoms with van der Waals surface area (Å²) in [5, 5.41) is 0. The third kappa shape index (κ3) is 4.33. The van der Waals surface area contributed by atoms with Gasteiger partial charge in [-0.3, -0.25) is 13.9 Å². The summed E-state index contributed by atoms with van der Waals surface area (Å²) in [5.74, 6) is 0.827. The van der Waals surface area contributed by atoms with Crippen molar-refractivity contribution >= 4 is 41.9 Å². The number of anilines is 1. The van der Waals surface area contributed by atoms with Gasteiger partial charge in [-0.05, 0) is 26.4 Å². The van der Waals surface area contributed by atoms with Crippen molar-refractivity contribution in [2.45, 2.75) is 19.4 Å². The number of rotatable bonds is 4. The maximum Gasteiger partial charge on any atom is 0.332 e. The van der Waals surface area contributed by atoms with Gasteiger partial charge in [0, 0.05) is 59.9 Å². The number of halogens is 2. The molecule has 0 bridgehead atoms. The van der Waals surface area contributed by atoms with Crippen LogP contribution in [0.4, 0.5) is 5.95 Å². The maximum atomic E-state index is 12.6. The second-order valence-corrected chi connectivity index (χ2v) is 7.78. The lowest BCUT2D eigenvalue weighted by Crippen LogP contribution is -2.45. The molecule has 2 aliphatic rings. The Hall–Kier alpha value is -1.55. The molecule has 0 aliphatic carbocycles. The monoisotopic (exact) mass is 447 g/mol. The van der Waals surface area contributed by atoms with Crippen LogP contribution in [0.3, 0.4) is 0 Å². The van der Waals surface area contributed by atoms with Crippen LogP contribution in [0.15, 0.2) is 9.59 Å². The van der Waals surface area contributed by atoms with Crippen molar-refractivity contribution in [2.75, 3.05) is 57.8 Å². The molecule has 2 aliphatic heterocycles. The average Bonchev–Trinajstić information content (AvgIpc) is 3.07. The number of piperazine rings is 1. The van der Waals surface area contributed by atoms with Crippen LogP contribution < -0.4 is 16.1 Å². The molecule has 0 amide bonds. The number of aromatic nitrogens is 4. The van der Waals surface area contributed by atoms with E-state index in [0.717, 1.165) is 71.1 Å². The highest BCUT2D eigenvalue weighted by atomic mass is 35.5. The summed E-state index contributed by atoms with van der Waals surface area (Å²) in [4.78, 5) is 36.7. The van der Waals surface area contributed by atoms with Gasteiger partial charge >= 0.3 is 5.69 Å². The largest absolute Gasteiger partial charge is 0.342 e. The van der Waals surface area contributed by atoms with Crippen molar-refractivity contribution in [3.05, 3.63) is 20.8 Å². The Morgan fingerprint density at radius 2 is 1.55 bits per heavy atom. The Kier molecular flexibility index (Phi) is 7.78. The van der Waals surface area contributed by atoms with E-state index >= 15 is 0 Å². The Morgan fingerprint density at radius 3 is 2.24 bits per heavy atom. The number of imidazole rings is 1. The quantitative estimate of drug-likeness (QED) is 0.662. The van der Waals surface area contributed by atoms with E-state index in [2.05, 4.69) is 21.7 Å². The highest BCUT2D eigenvalue weighted by Gasteiger charge is 2.25. The minimum Gasteiger partial charge on any atom is -0.342 e. The van der Waals surface area contributed by atoms with Crippen LogP contribution in [0.25, 0.3) is 11.2 Å². The number of fused-ring (bicyclic) bond motifs is 3. The number of likely N-dealkylation sites (N-methyl/N-ethyl adjacent to an activating group) is 1. The maximum absolute atomic E-state index is 12.6. The molecule has 1 saturated heterocycles. The van der Waals surface area contributed by atoms with Crippen LogP contribution in [0.1, 0.15) is 12.8 Å². The Morgan fingerprint density at radius 1 is 0.862 bits per heavy atom. The molecule has 0 radical (unpaired) electrons. The number of hydrogen-bond donors (Lipinski definition) is 0. The molecule has 0 unspecified atom stereocenters. The van der Waals surface area contributed by atoms with Crippen LogP contribution in [0.2, 0.25) is 0 Å². The van der Waals surface area contributed by atoms with Gasteiger partial charge in [0.15, 0.2) is 11.2 Å². The fourth-order valence-electron chi connectivity index (χ4n) is 4.18. The third-order valence-corrected chi connectivity index (χ3v) is 5.92. The predicted octanol–water partition coefficient (Wildman–Crippen LogP) is 0.125. The van der Waals surface area contributed by atoms with Gasteiger partial charge in [0.25, 0.3) is 5.56 Å². The SMILES string of the molecule is CN1CCN(CCCN2CCCn3c2nc2c3c(=O)n(C)c(=O)n2C)CC1.Cl.Cl. The predicted molar refractivity (Wildman–Crippen MR) is 120 cm³/mol. The van der Waals surface area contributed by atoms with Crippen LogP contribution in [0.5, 0.6) is 0 Å². The van der Waals surface area contributed by atoms with Crippen LogP contribution in [-0.4, -0.2) is 81.3 Å². The minimum atomic E-state index is -0.329. The number of aryl methyl sites for hydroxylation is 2. The second kappa shape index (κ2) is 9.51. The zero-order valence-electron chi connectivity index (χ0n) is 17.3. The molecule has 4 rings (SSSR count). The highest BCUT2D eigenvalue weighted by molar-refractivity contribution is 5.85. The summed E-state index contributed by atoms with van der Waals surface area (Å²) in [7, 11) is 5.38. The van der Waals surface area contributed by atoms with Gasteiger partial charge in [-0.1, -0.05) is 0 Å². The zero-order chi connectivity index (χ0) is 19.1. The smallest absolute Gasteiger partial charge is 0.332 e. The first-order valence-electron chi connectivity index (χ1n) is 9.79. The first-order valence-corrected chi connectivity index (χ1v) is 9.79. The van der Waals surface area contributed by atoms with Crippen LogP contribution >= 0.6 is 24.8 Å². The molecule has 0 saturated carbocycles. The van der Waals surface area contributed by atoms with Crippen molar-refractivity contribution in [1.29, 1.82) is 0 Å². The van der Waals surface area contributed by atoms with E-state index in [4.69, 9.17) is 4.98 Å². The van der Waals surface area contributed by atoms with E-state index in [9.17, 15) is 9.59 Å². The van der Waals surface area contributed by atoms with Crippen molar-refractivity contribution in [3.63, 3.8) is 0 Å². The van der Waals surface area contributed by atoms with E-state index in [1.54, 1.807) is 7.05 Å². The summed E-state index contributed by atoms with van der Waals surface area (Å²) in [6, 6.07) is 0. The van der Waals surface area contributed by atoms with Gasteiger partial charge in [-0.25, -0.2) is 4.79 Å². The van der Waals surface area contributed by atoms with E-state index in [0.29, 0.717) is 11.2 Å². The molecule has 9 nitrogen and oxygen atoms in total. The van der Waals surface area contributed by atoms with E-state index in [1.165, 1.54) is 16.2 Å². The average molecular weight is 448 g/mol. The van der Waals surface area contributed by atoms with Gasteiger partial charge < -0.3 is 19.3 Å². The summed E-state index contributed by atoms with van der Waals surface area (Å²) in [6.45, 7) is 8.26. The molecule has 29 heavy (non-hydrogen) atoms. The number of hydrogen-bond acceptors (Lipinski definition) is 6. The molecule has 4 heterocycles. The lowest BCUT2D eigenvalue weighted by molar-refractivity contribution is 0.153. The van der Waals surface area contributed by atoms with Crippen LogP contribution in [0, 0.1) is 0 Å². The van der Waals surface area contributed by atoms with Crippen LogP contribution in [-0.2, 0) is 20.6 Å². The van der Waals surface area contributed by atoms with Gasteiger partial charge in [0.2, 0.25) is 5.95 Å².